The molecule has 4 nitrogen and oxygen atoms in total. The number of aliphatic hydroxyl groups excluding tert-OH is 1. The second-order valence-corrected chi connectivity index (χ2v) is 4.51. The van der Waals surface area contributed by atoms with Crippen LogP contribution in [0.1, 0.15) is 44.4 Å². The Bertz CT molecular complexity index is 353. The summed E-state index contributed by atoms with van der Waals surface area (Å²) in [5.74, 6) is 0.875. The van der Waals surface area contributed by atoms with E-state index >= 15 is 0 Å². The van der Waals surface area contributed by atoms with Gasteiger partial charge in [0, 0.05) is 18.4 Å². The SMILES string of the molecule is CCCOCCOc1cc(CO)cc(C(C)C)n1. The molecule has 1 heterocycles. The molecule has 0 atom stereocenters. The van der Waals surface area contributed by atoms with E-state index in [1.165, 1.54) is 0 Å². The monoisotopic (exact) mass is 253 g/mol. The van der Waals surface area contributed by atoms with Crippen LogP contribution in [0.2, 0.25) is 0 Å². The molecule has 0 aliphatic rings. The molecule has 1 aromatic heterocycles. The highest BCUT2D eigenvalue weighted by atomic mass is 16.5. The molecule has 0 radical (unpaired) electrons. The lowest BCUT2D eigenvalue weighted by molar-refractivity contribution is 0.0988. The first-order valence-corrected chi connectivity index (χ1v) is 6.49. The van der Waals surface area contributed by atoms with E-state index in [-0.39, 0.29) is 6.61 Å². The highest BCUT2D eigenvalue weighted by molar-refractivity contribution is 5.26. The van der Waals surface area contributed by atoms with Crippen molar-refractivity contribution in [2.45, 2.75) is 39.7 Å². The largest absolute Gasteiger partial charge is 0.475 e. The van der Waals surface area contributed by atoms with Gasteiger partial charge in [0.2, 0.25) is 5.88 Å². The van der Waals surface area contributed by atoms with Crippen molar-refractivity contribution < 1.29 is 14.6 Å². The lowest BCUT2D eigenvalue weighted by Crippen LogP contribution is -2.09. The first kappa shape index (κ1) is 14.9. The van der Waals surface area contributed by atoms with E-state index in [0.717, 1.165) is 24.3 Å². The fraction of sp³-hybridized carbons (Fsp3) is 0.643. The van der Waals surface area contributed by atoms with Gasteiger partial charge in [0.05, 0.1) is 13.2 Å². The molecule has 0 spiro atoms. The Hall–Kier alpha value is -1.13. The van der Waals surface area contributed by atoms with Gasteiger partial charge < -0.3 is 14.6 Å². The lowest BCUT2D eigenvalue weighted by atomic mass is 10.1. The summed E-state index contributed by atoms with van der Waals surface area (Å²) >= 11 is 0. The van der Waals surface area contributed by atoms with E-state index in [1.54, 1.807) is 6.07 Å². The van der Waals surface area contributed by atoms with Crippen LogP contribution < -0.4 is 4.74 Å². The van der Waals surface area contributed by atoms with Gasteiger partial charge in [-0.3, -0.25) is 0 Å². The van der Waals surface area contributed by atoms with Crippen LogP contribution in [0.3, 0.4) is 0 Å². The summed E-state index contributed by atoms with van der Waals surface area (Å²) in [7, 11) is 0. The third-order valence-electron chi connectivity index (χ3n) is 2.48. The van der Waals surface area contributed by atoms with Crippen molar-refractivity contribution in [3.05, 3.63) is 23.4 Å². The number of rotatable bonds is 8. The normalized spacial score (nSPS) is 10.9. The smallest absolute Gasteiger partial charge is 0.213 e. The standard InChI is InChI=1S/C14H23NO3/c1-4-5-17-6-7-18-14-9-12(10-16)8-13(15-14)11(2)3/h8-9,11,16H,4-7,10H2,1-3H3. The summed E-state index contributed by atoms with van der Waals surface area (Å²) in [6.07, 6.45) is 1.01. The zero-order chi connectivity index (χ0) is 13.4. The van der Waals surface area contributed by atoms with Crippen LogP contribution in [0.15, 0.2) is 12.1 Å². The van der Waals surface area contributed by atoms with E-state index in [4.69, 9.17) is 9.47 Å². The minimum absolute atomic E-state index is 0.00490. The molecule has 0 amide bonds. The highest BCUT2D eigenvalue weighted by Gasteiger charge is 2.06. The molecule has 0 aromatic carbocycles. The molecule has 102 valence electrons. The molecule has 0 aliphatic heterocycles. The summed E-state index contributed by atoms with van der Waals surface area (Å²) in [6.45, 7) is 8.02. The maximum atomic E-state index is 9.20. The first-order valence-electron chi connectivity index (χ1n) is 6.49. The second-order valence-electron chi connectivity index (χ2n) is 4.51. The quantitative estimate of drug-likeness (QED) is 0.723. The van der Waals surface area contributed by atoms with Crippen LogP contribution in [-0.4, -0.2) is 29.9 Å². The van der Waals surface area contributed by atoms with Crippen molar-refractivity contribution in [1.82, 2.24) is 4.98 Å². The van der Waals surface area contributed by atoms with Crippen molar-refractivity contribution >= 4 is 0 Å². The highest BCUT2D eigenvalue weighted by Crippen LogP contribution is 2.19. The topological polar surface area (TPSA) is 51.6 Å². The van der Waals surface area contributed by atoms with Crippen LogP contribution in [-0.2, 0) is 11.3 Å². The zero-order valence-corrected chi connectivity index (χ0v) is 11.5. The maximum absolute atomic E-state index is 9.20. The molecule has 4 heteroatoms. The third kappa shape index (κ3) is 5.02. The molecule has 1 rings (SSSR count). The van der Waals surface area contributed by atoms with Gasteiger partial charge in [-0.1, -0.05) is 20.8 Å². The number of ether oxygens (including phenoxy) is 2. The van der Waals surface area contributed by atoms with Gasteiger partial charge in [0.25, 0.3) is 0 Å². The lowest BCUT2D eigenvalue weighted by Gasteiger charge is -2.11. The van der Waals surface area contributed by atoms with E-state index in [9.17, 15) is 5.11 Å². The zero-order valence-electron chi connectivity index (χ0n) is 11.5. The van der Waals surface area contributed by atoms with Crippen molar-refractivity contribution in [3.63, 3.8) is 0 Å². The van der Waals surface area contributed by atoms with Crippen molar-refractivity contribution in [1.29, 1.82) is 0 Å². The van der Waals surface area contributed by atoms with Crippen LogP contribution in [0, 0.1) is 0 Å². The number of pyridine rings is 1. The van der Waals surface area contributed by atoms with Gasteiger partial charge in [0.1, 0.15) is 6.61 Å². The number of hydrogen-bond acceptors (Lipinski definition) is 4. The average Bonchev–Trinajstić information content (AvgIpc) is 2.38. The van der Waals surface area contributed by atoms with E-state index in [2.05, 4.69) is 25.8 Å². The van der Waals surface area contributed by atoms with E-state index < -0.39 is 0 Å². The molecule has 0 saturated heterocycles. The fourth-order valence-electron chi connectivity index (χ4n) is 1.49. The number of aliphatic hydroxyl groups is 1. The molecular formula is C14H23NO3. The van der Waals surface area contributed by atoms with Crippen LogP contribution in [0.5, 0.6) is 5.88 Å². The average molecular weight is 253 g/mol. The van der Waals surface area contributed by atoms with E-state index in [1.807, 2.05) is 6.07 Å². The summed E-state index contributed by atoms with van der Waals surface area (Å²) in [6, 6.07) is 3.68. The van der Waals surface area contributed by atoms with Crippen LogP contribution in [0.25, 0.3) is 0 Å². The fourth-order valence-corrected chi connectivity index (χ4v) is 1.49. The minimum Gasteiger partial charge on any atom is -0.475 e. The van der Waals surface area contributed by atoms with Gasteiger partial charge >= 0.3 is 0 Å². The Kier molecular flexibility index (Phi) is 6.68. The molecular weight excluding hydrogens is 230 g/mol. The Morgan fingerprint density at radius 1 is 1.22 bits per heavy atom. The minimum atomic E-state index is 0.00490. The van der Waals surface area contributed by atoms with Gasteiger partial charge in [-0.2, -0.15) is 0 Å². The van der Waals surface area contributed by atoms with E-state index in [0.29, 0.717) is 25.0 Å². The van der Waals surface area contributed by atoms with Crippen LogP contribution in [0.4, 0.5) is 0 Å². The predicted molar refractivity (Wildman–Crippen MR) is 70.9 cm³/mol. The summed E-state index contributed by atoms with van der Waals surface area (Å²) < 4.78 is 10.9. The Morgan fingerprint density at radius 3 is 2.61 bits per heavy atom. The van der Waals surface area contributed by atoms with Gasteiger partial charge in [0.15, 0.2) is 0 Å². The molecule has 1 aromatic rings. The second kappa shape index (κ2) is 8.06. The summed E-state index contributed by atoms with van der Waals surface area (Å²) in [5.41, 5.74) is 1.77. The molecule has 18 heavy (non-hydrogen) atoms. The molecule has 0 saturated carbocycles. The first-order chi connectivity index (χ1) is 8.67. The molecule has 0 aliphatic carbocycles. The number of aromatic nitrogens is 1. The van der Waals surface area contributed by atoms with Crippen molar-refractivity contribution in [3.8, 4) is 5.88 Å². The number of nitrogens with zero attached hydrogens (tertiary/aromatic N) is 1. The van der Waals surface area contributed by atoms with Gasteiger partial charge in [-0.05, 0) is 24.0 Å². The number of hydrogen-bond donors (Lipinski definition) is 1. The third-order valence-corrected chi connectivity index (χ3v) is 2.48. The van der Waals surface area contributed by atoms with Crippen molar-refractivity contribution in [2.75, 3.05) is 19.8 Å². The van der Waals surface area contributed by atoms with Crippen molar-refractivity contribution in [2.24, 2.45) is 0 Å². The molecule has 0 fully saturated rings. The maximum Gasteiger partial charge on any atom is 0.213 e. The summed E-state index contributed by atoms with van der Waals surface area (Å²) in [5, 5.41) is 9.20. The Balaban J connectivity index is 2.56. The Morgan fingerprint density at radius 2 is 2.00 bits per heavy atom. The summed E-state index contributed by atoms with van der Waals surface area (Å²) in [4.78, 5) is 4.41. The van der Waals surface area contributed by atoms with Gasteiger partial charge in [-0.25, -0.2) is 4.98 Å². The predicted octanol–water partition coefficient (Wildman–Crippen LogP) is 2.50. The Labute approximate surface area is 109 Å². The van der Waals surface area contributed by atoms with Gasteiger partial charge in [-0.15, -0.1) is 0 Å². The molecule has 1 N–H and O–H groups in total. The van der Waals surface area contributed by atoms with Crippen LogP contribution >= 0.6 is 0 Å². The molecule has 0 bridgehead atoms. The molecule has 0 unspecified atom stereocenters.